The van der Waals surface area contributed by atoms with Gasteiger partial charge in [0.15, 0.2) is 0 Å². The number of pyridine rings is 1. The molecule has 4 nitrogen and oxygen atoms in total. The van der Waals surface area contributed by atoms with Crippen LogP contribution in [0.2, 0.25) is 0 Å². The summed E-state index contributed by atoms with van der Waals surface area (Å²) in [7, 11) is 0. The molecule has 2 N–H and O–H groups in total. The highest BCUT2D eigenvalue weighted by Crippen LogP contribution is 1.99. The number of aliphatic hydroxyl groups excluding tert-OH is 2. The first-order valence-electron chi connectivity index (χ1n) is 5.20. The third-order valence-electron chi connectivity index (χ3n) is 2.30. The predicted octanol–water partition coefficient (Wildman–Crippen LogP) is -0.0893. The Hall–Kier alpha value is -0.970. The molecule has 0 radical (unpaired) electrons. The summed E-state index contributed by atoms with van der Waals surface area (Å²) in [5, 5.41) is 17.7. The number of nitrogens with zero attached hydrogens (tertiary/aromatic N) is 2. The lowest BCUT2D eigenvalue weighted by molar-refractivity contribution is 0.162. The van der Waals surface area contributed by atoms with Gasteiger partial charge in [-0.3, -0.25) is 9.88 Å². The topological polar surface area (TPSA) is 56.6 Å². The first kappa shape index (κ1) is 12.1. The van der Waals surface area contributed by atoms with E-state index in [0.29, 0.717) is 13.1 Å². The average Bonchev–Trinajstić information content (AvgIpc) is 2.28. The summed E-state index contributed by atoms with van der Waals surface area (Å²) in [6, 6.07) is 3.96. The number of hydrogen-bond acceptors (Lipinski definition) is 4. The number of aliphatic hydroxyl groups is 2. The fourth-order valence-corrected chi connectivity index (χ4v) is 1.45. The van der Waals surface area contributed by atoms with Crippen LogP contribution in [0.25, 0.3) is 0 Å². The molecular weight excluding hydrogens is 192 g/mol. The molecule has 1 heterocycles. The third kappa shape index (κ3) is 4.88. The van der Waals surface area contributed by atoms with Crippen LogP contribution in [-0.2, 0) is 6.42 Å². The first-order valence-corrected chi connectivity index (χ1v) is 5.20. The van der Waals surface area contributed by atoms with Gasteiger partial charge in [-0.05, 0) is 24.1 Å². The summed E-state index contributed by atoms with van der Waals surface area (Å²) in [5.74, 6) is 0. The summed E-state index contributed by atoms with van der Waals surface area (Å²) in [5.41, 5.74) is 1.23. The second-order valence-electron chi connectivity index (χ2n) is 3.39. The van der Waals surface area contributed by atoms with Crippen LogP contribution in [0.3, 0.4) is 0 Å². The van der Waals surface area contributed by atoms with Gasteiger partial charge < -0.3 is 10.2 Å². The smallest absolute Gasteiger partial charge is 0.0558 e. The summed E-state index contributed by atoms with van der Waals surface area (Å²) < 4.78 is 0. The van der Waals surface area contributed by atoms with Crippen molar-refractivity contribution in [3.63, 3.8) is 0 Å². The Balaban J connectivity index is 2.33. The van der Waals surface area contributed by atoms with Crippen molar-refractivity contribution >= 4 is 0 Å². The lowest BCUT2D eigenvalue weighted by Crippen LogP contribution is -2.31. The van der Waals surface area contributed by atoms with Crippen LogP contribution in [0.4, 0.5) is 0 Å². The van der Waals surface area contributed by atoms with Crippen molar-refractivity contribution in [2.75, 3.05) is 32.8 Å². The predicted molar refractivity (Wildman–Crippen MR) is 58.6 cm³/mol. The molecule has 0 atom stereocenters. The number of aromatic nitrogens is 1. The van der Waals surface area contributed by atoms with Crippen LogP contribution in [0, 0.1) is 0 Å². The van der Waals surface area contributed by atoms with Crippen LogP contribution in [0.15, 0.2) is 24.5 Å². The second-order valence-corrected chi connectivity index (χ2v) is 3.39. The van der Waals surface area contributed by atoms with Crippen molar-refractivity contribution in [3.8, 4) is 0 Å². The third-order valence-corrected chi connectivity index (χ3v) is 2.30. The van der Waals surface area contributed by atoms with Gasteiger partial charge in [-0.1, -0.05) is 0 Å². The summed E-state index contributed by atoms with van der Waals surface area (Å²) >= 11 is 0. The molecule has 1 aromatic heterocycles. The number of rotatable bonds is 7. The molecule has 4 heteroatoms. The molecule has 0 aromatic carbocycles. The van der Waals surface area contributed by atoms with E-state index < -0.39 is 0 Å². The van der Waals surface area contributed by atoms with Crippen molar-refractivity contribution in [1.82, 2.24) is 9.88 Å². The molecule has 0 amide bonds. The monoisotopic (exact) mass is 210 g/mol. The quantitative estimate of drug-likeness (QED) is 0.660. The zero-order valence-electron chi connectivity index (χ0n) is 8.84. The highest BCUT2D eigenvalue weighted by atomic mass is 16.3. The second kappa shape index (κ2) is 7.34. The van der Waals surface area contributed by atoms with Crippen LogP contribution < -0.4 is 0 Å². The van der Waals surface area contributed by atoms with Crippen molar-refractivity contribution in [2.24, 2.45) is 0 Å². The maximum Gasteiger partial charge on any atom is 0.0558 e. The van der Waals surface area contributed by atoms with Gasteiger partial charge >= 0.3 is 0 Å². The standard InChI is InChI=1S/C11H18N2O2/c14-9-7-13(8-10-15)6-3-11-1-4-12-5-2-11/h1-2,4-5,14-15H,3,6-10H2. The van der Waals surface area contributed by atoms with Crippen LogP contribution in [0.1, 0.15) is 5.56 Å². The fraction of sp³-hybridized carbons (Fsp3) is 0.545. The molecule has 0 fully saturated rings. The molecule has 0 unspecified atom stereocenters. The molecule has 0 saturated carbocycles. The normalized spacial score (nSPS) is 10.9. The van der Waals surface area contributed by atoms with E-state index in [9.17, 15) is 0 Å². The first-order chi connectivity index (χ1) is 7.36. The molecule has 0 bridgehead atoms. The molecular formula is C11H18N2O2. The Bertz CT molecular complexity index is 248. The van der Waals surface area contributed by atoms with E-state index >= 15 is 0 Å². The van der Waals surface area contributed by atoms with Crippen LogP contribution in [0.5, 0.6) is 0 Å². The molecule has 0 aliphatic carbocycles. The maximum absolute atomic E-state index is 8.83. The Morgan fingerprint density at radius 3 is 2.13 bits per heavy atom. The van der Waals surface area contributed by atoms with E-state index in [-0.39, 0.29) is 13.2 Å². The van der Waals surface area contributed by atoms with Gasteiger partial charge in [0, 0.05) is 32.0 Å². The fourth-order valence-electron chi connectivity index (χ4n) is 1.45. The van der Waals surface area contributed by atoms with Gasteiger partial charge in [0.1, 0.15) is 0 Å². The van der Waals surface area contributed by atoms with Gasteiger partial charge in [-0.2, -0.15) is 0 Å². The van der Waals surface area contributed by atoms with E-state index in [2.05, 4.69) is 4.98 Å². The SMILES string of the molecule is OCCN(CCO)CCc1ccncc1. The number of hydrogen-bond donors (Lipinski definition) is 2. The van der Waals surface area contributed by atoms with E-state index in [0.717, 1.165) is 13.0 Å². The minimum atomic E-state index is 0.135. The van der Waals surface area contributed by atoms with Crippen LogP contribution in [-0.4, -0.2) is 52.9 Å². The zero-order valence-corrected chi connectivity index (χ0v) is 8.84. The molecule has 1 aromatic rings. The molecule has 15 heavy (non-hydrogen) atoms. The van der Waals surface area contributed by atoms with Crippen LogP contribution >= 0.6 is 0 Å². The van der Waals surface area contributed by atoms with E-state index in [1.165, 1.54) is 5.56 Å². The molecule has 1 rings (SSSR count). The molecule has 0 spiro atoms. The maximum atomic E-state index is 8.83. The highest BCUT2D eigenvalue weighted by Gasteiger charge is 2.03. The Morgan fingerprint density at radius 1 is 1.00 bits per heavy atom. The summed E-state index contributed by atoms with van der Waals surface area (Å²) in [6.45, 7) is 2.36. The van der Waals surface area contributed by atoms with Gasteiger partial charge in [0.2, 0.25) is 0 Å². The van der Waals surface area contributed by atoms with Crippen molar-refractivity contribution < 1.29 is 10.2 Å². The summed E-state index contributed by atoms with van der Waals surface area (Å²) in [4.78, 5) is 5.99. The lowest BCUT2D eigenvalue weighted by atomic mass is 10.2. The minimum absolute atomic E-state index is 0.135. The summed E-state index contributed by atoms with van der Waals surface area (Å²) in [6.07, 6.45) is 4.47. The highest BCUT2D eigenvalue weighted by molar-refractivity contribution is 5.09. The van der Waals surface area contributed by atoms with Gasteiger partial charge in [0.05, 0.1) is 13.2 Å². The Labute approximate surface area is 90.2 Å². The molecule has 84 valence electrons. The molecule has 0 saturated heterocycles. The Morgan fingerprint density at radius 2 is 1.60 bits per heavy atom. The molecule has 0 aliphatic rings. The van der Waals surface area contributed by atoms with Crippen molar-refractivity contribution in [3.05, 3.63) is 30.1 Å². The van der Waals surface area contributed by atoms with E-state index in [1.807, 2.05) is 17.0 Å². The largest absolute Gasteiger partial charge is 0.395 e. The van der Waals surface area contributed by atoms with E-state index in [1.54, 1.807) is 12.4 Å². The lowest BCUT2D eigenvalue weighted by Gasteiger charge is -2.19. The Kier molecular flexibility index (Phi) is 5.92. The van der Waals surface area contributed by atoms with Gasteiger partial charge in [-0.15, -0.1) is 0 Å². The van der Waals surface area contributed by atoms with Crippen molar-refractivity contribution in [2.45, 2.75) is 6.42 Å². The van der Waals surface area contributed by atoms with Crippen molar-refractivity contribution in [1.29, 1.82) is 0 Å². The zero-order chi connectivity index (χ0) is 10.9. The van der Waals surface area contributed by atoms with Gasteiger partial charge in [-0.25, -0.2) is 0 Å². The average molecular weight is 210 g/mol. The molecule has 0 aliphatic heterocycles. The van der Waals surface area contributed by atoms with E-state index in [4.69, 9.17) is 10.2 Å². The van der Waals surface area contributed by atoms with Gasteiger partial charge in [0.25, 0.3) is 0 Å². The minimum Gasteiger partial charge on any atom is -0.395 e.